The highest BCUT2D eigenvalue weighted by Gasteiger charge is 2.19. The normalized spacial score (nSPS) is 11.1. The summed E-state index contributed by atoms with van der Waals surface area (Å²) in [6.07, 6.45) is 3.48. The van der Waals surface area contributed by atoms with Crippen LogP contribution in [0.1, 0.15) is 52.5 Å². The van der Waals surface area contributed by atoms with Crippen molar-refractivity contribution in [3.05, 3.63) is 33.5 Å². The number of rotatable bonds is 8. The Morgan fingerprint density at radius 2 is 2.03 bits per heavy atom. The first-order valence-corrected chi connectivity index (χ1v) is 11.8. The average molecular weight is 448 g/mol. The number of amides is 1. The number of aryl methyl sites for hydroxylation is 3. The summed E-state index contributed by atoms with van der Waals surface area (Å²) in [5, 5.41) is 8.53. The molecule has 3 aromatic heterocycles. The fourth-order valence-electron chi connectivity index (χ4n) is 3.14. The van der Waals surface area contributed by atoms with Gasteiger partial charge < -0.3 is 10.1 Å². The number of carbonyl (C=O) groups excluding carboxylic acids is 2. The molecule has 30 heavy (non-hydrogen) atoms. The van der Waals surface area contributed by atoms with Crippen molar-refractivity contribution in [1.82, 2.24) is 19.6 Å². The van der Waals surface area contributed by atoms with Gasteiger partial charge in [-0.15, -0.1) is 16.4 Å². The molecule has 0 aromatic carbocycles. The summed E-state index contributed by atoms with van der Waals surface area (Å²) in [5.74, 6) is -0.0134. The van der Waals surface area contributed by atoms with Crippen LogP contribution in [0.4, 0.5) is 5.00 Å². The molecule has 8 nitrogen and oxygen atoms in total. The van der Waals surface area contributed by atoms with Crippen LogP contribution in [0.25, 0.3) is 5.78 Å². The molecule has 0 fully saturated rings. The van der Waals surface area contributed by atoms with Crippen LogP contribution in [0.3, 0.4) is 0 Å². The van der Waals surface area contributed by atoms with Crippen LogP contribution in [0, 0.1) is 13.8 Å². The third-order valence-corrected chi connectivity index (χ3v) is 6.43. The Labute approximate surface area is 183 Å². The highest BCUT2D eigenvalue weighted by atomic mass is 32.2. The van der Waals surface area contributed by atoms with Crippen molar-refractivity contribution in [2.45, 2.75) is 52.1 Å². The monoisotopic (exact) mass is 447 g/mol. The summed E-state index contributed by atoms with van der Waals surface area (Å²) < 4.78 is 6.83. The molecule has 3 rings (SSSR count). The molecule has 0 atom stereocenters. The van der Waals surface area contributed by atoms with Gasteiger partial charge in [-0.2, -0.15) is 4.98 Å². The van der Waals surface area contributed by atoms with Crippen LogP contribution < -0.4 is 5.32 Å². The molecule has 10 heteroatoms. The minimum absolute atomic E-state index is 0.160. The number of hydrogen-bond donors (Lipinski definition) is 1. The van der Waals surface area contributed by atoms with Gasteiger partial charge in [0, 0.05) is 22.7 Å². The molecular weight excluding hydrogens is 422 g/mol. The average Bonchev–Trinajstić information content (AvgIpc) is 3.31. The molecule has 0 aliphatic rings. The summed E-state index contributed by atoms with van der Waals surface area (Å²) in [4.78, 5) is 34.8. The number of hydrogen-bond acceptors (Lipinski definition) is 8. The largest absolute Gasteiger partial charge is 0.462 e. The summed E-state index contributed by atoms with van der Waals surface area (Å²) in [5.41, 5.74) is 3.15. The number of esters is 1. The van der Waals surface area contributed by atoms with Gasteiger partial charge in [-0.1, -0.05) is 18.7 Å². The second-order valence-electron chi connectivity index (χ2n) is 6.65. The Balaban J connectivity index is 1.75. The molecule has 3 aromatic rings. The smallest absolute Gasteiger partial charge is 0.341 e. The summed E-state index contributed by atoms with van der Waals surface area (Å²) >= 11 is 2.87. The molecule has 1 N–H and O–H groups in total. The number of nitrogens with zero attached hydrogens (tertiary/aromatic N) is 4. The molecule has 0 bridgehead atoms. The standard InChI is InChI=1S/C20H25N5O3S2/c1-6-13-10-15(18(27)28-7-2)17(30-13)22-16(26)9-8-14-11(3)21-19-23-20(29-5)24-25(19)12(14)4/h10H,6-9H2,1-5H3,(H,22,26). The molecule has 0 spiro atoms. The van der Waals surface area contributed by atoms with Gasteiger partial charge in [-0.05, 0) is 51.5 Å². The van der Waals surface area contributed by atoms with E-state index in [0.717, 1.165) is 28.2 Å². The van der Waals surface area contributed by atoms with Crippen molar-refractivity contribution in [2.75, 3.05) is 18.2 Å². The van der Waals surface area contributed by atoms with Gasteiger partial charge in [0.15, 0.2) is 0 Å². The zero-order valence-electron chi connectivity index (χ0n) is 17.7. The van der Waals surface area contributed by atoms with Crippen LogP contribution in [0.5, 0.6) is 0 Å². The van der Waals surface area contributed by atoms with Crippen molar-refractivity contribution < 1.29 is 14.3 Å². The predicted molar refractivity (Wildman–Crippen MR) is 119 cm³/mol. The van der Waals surface area contributed by atoms with E-state index >= 15 is 0 Å². The molecule has 0 aliphatic heterocycles. The number of aromatic nitrogens is 4. The number of nitrogens with one attached hydrogen (secondary N) is 1. The molecule has 0 saturated heterocycles. The SMILES string of the molecule is CCOC(=O)c1cc(CC)sc1NC(=O)CCc1c(C)nc2nc(SC)nn2c1C. The molecular formula is C20H25N5O3S2. The predicted octanol–water partition coefficient (Wildman–Crippen LogP) is 3.83. The first-order chi connectivity index (χ1) is 14.4. The maximum Gasteiger partial charge on any atom is 0.341 e. The van der Waals surface area contributed by atoms with Crippen LogP contribution in [-0.2, 0) is 22.4 Å². The molecule has 160 valence electrons. The lowest BCUT2D eigenvalue weighted by molar-refractivity contribution is -0.116. The Kier molecular flexibility index (Phi) is 7.09. The zero-order chi connectivity index (χ0) is 21.8. The molecule has 0 radical (unpaired) electrons. The van der Waals surface area contributed by atoms with Gasteiger partial charge in [0.05, 0.1) is 12.2 Å². The Morgan fingerprint density at radius 1 is 1.27 bits per heavy atom. The van der Waals surface area contributed by atoms with Gasteiger partial charge >= 0.3 is 5.97 Å². The van der Waals surface area contributed by atoms with Crippen molar-refractivity contribution in [3.63, 3.8) is 0 Å². The van der Waals surface area contributed by atoms with Crippen LogP contribution in [-0.4, -0.2) is 44.3 Å². The number of anilines is 1. The number of thioether (sulfide) groups is 1. The van der Waals surface area contributed by atoms with E-state index in [1.807, 2.05) is 27.0 Å². The molecule has 3 heterocycles. The summed E-state index contributed by atoms with van der Waals surface area (Å²) in [6.45, 7) is 7.93. The molecule has 0 unspecified atom stereocenters. The van der Waals surface area contributed by atoms with E-state index in [-0.39, 0.29) is 18.9 Å². The van der Waals surface area contributed by atoms with Crippen molar-refractivity contribution in [3.8, 4) is 0 Å². The van der Waals surface area contributed by atoms with Crippen LogP contribution in [0.15, 0.2) is 11.2 Å². The minimum Gasteiger partial charge on any atom is -0.462 e. The van der Waals surface area contributed by atoms with Crippen molar-refractivity contribution >= 4 is 45.8 Å². The second-order valence-corrected chi connectivity index (χ2v) is 8.56. The first-order valence-electron chi connectivity index (χ1n) is 9.74. The van der Waals surface area contributed by atoms with E-state index in [1.54, 1.807) is 17.5 Å². The van der Waals surface area contributed by atoms with Gasteiger partial charge in [0.25, 0.3) is 5.78 Å². The lowest BCUT2D eigenvalue weighted by Crippen LogP contribution is -2.16. The van der Waals surface area contributed by atoms with Crippen molar-refractivity contribution in [2.24, 2.45) is 0 Å². The van der Waals surface area contributed by atoms with E-state index in [2.05, 4.69) is 20.4 Å². The zero-order valence-corrected chi connectivity index (χ0v) is 19.4. The molecule has 1 amide bonds. The lowest BCUT2D eigenvalue weighted by Gasteiger charge is -2.10. The minimum atomic E-state index is -0.416. The number of carbonyl (C=O) groups is 2. The van der Waals surface area contributed by atoms with Crippen LogP contribution in [0.2, 0.25) is 0 Å². The van der Waals surface area contributed by atoms with E-state index in [0.29, 0.717) is 27.9 Å². The van der Waals surface area contributed by atoms with Gasteiger partial charge in [0.1, 0.15) is 5.00 Å². The first kappa shape index (κ1) is 22.2. The van der Waals surface area contributed by atoms with E-state index in [1.165, 1.54) is 23.1 Å². The highest BCUT2D eigenvalue weighted by molar-refractivity contribution is 7.98. The van der Waals surface area contributed by atoms with Crippen LogP contribution >= 0.6 is 23.1 Å². The lowest BCUT2D eigenvalue weighted by atomic mass is 10.1. The number of thiophene rings is 1. The topological polar surface area (TPSA) is 98.5 Å². The van der Waals surface area contributed by atoms with Gasteiger partial charge in [-0.25, -0.2) is 14.3 Å². The van der Waals surface area contributed by atoms with Gasteiger partial charge in [0.2, 0.25) is 11.1 Å². The quantitative estimate of drug-likeness (QED) is 0.414. The maximum absolute atomic E-state index is 12.6. The summed E-state index contributed by atoms with van der Waals surface area (Å²) in [7, 11) is 0. The molecule has 0 aliphatic carbocycles. The fourth-order valence-corrected chi connectivity index (χ4v) is 4.47. The Bertz CT molecular complexity index is 1090. The van der Waals surface area contributed by atoms with Crippen molar-refractivity contribution in [1.29, 1.82) is 0 Å². The fraction of sp³-hybridized carbons (Fsp3) is 0.450. The third kappa shape index (κ3) is 4.65. The maximum atomic E-state index is 12.6. The third-order valence-electron chi connectivity index (χ3n) is 4.69. The van der Waals surface area contributed by atoms with E-state index in [9.17, 15) is 9.59 Å². The Hall–Kier alpha value is -2.46. The Morgan fingerprint density at radius 3 is 2.70 bits per heavy atom. The molecule has 0 saturated carbocycles. The highest BCUT2D eigenvalue weighted by Crippen LogP contribution is 2.29. The number of fused-ring (bicyclic) bond motifs is 1. The van der Waals surface area contributed by atoms with E-state index in [4.69, 9.17) is 4.74 Å². The van der Waals surface area contributed by atoms with Gasteiger partial charge in [-0.3, -0.25) is 4.79 Å². The second kappa shape index (κ2) is 9.57. The number of ether oxygens (including phenoxy) is 1. The summed E-state index contributed by atoms with van der Waals surface area (Å²) in [6, 6.07) is 1.79. The van der Waals surface area contributed by atoms with E-state index < -0.39 is 5.97 Å².